The maximum atomic E-state index is 13.9. The van der Waals surface area contributed by atoms with Crippen LogP contribution in [0.5, 0.6) is 0 Å². The topological polar surface area (TPSA) is 24.9 Å². The van der Waals surface area contributed by atoms with Crippen LogP contribution in [-0.4, -0.2) is 11.5 Å². The first kappa shape index (κ1) is 15.2. The number of nitrogens with one attached hydrogen (secondary N) is 1. The molecule has 106 valence electrons. The van der Waals surface area contributed by atoms with E-state index >= 15 is 0 Å². The van der Waals surface area contributed by atoms with E-state index in [0.29, 0.717) is 22.0 Å². The van der Waals surface area contributed by atoms with Crippen LogP contribution in [0.4, 0.5) is 4.39 Å². The van der Waals surface area contributed by atoms with Gasteiger partial charge in [0.05, 0.1) is 16.2 Å². The van der Waals surface area contributed by atoms with Gasteiger partial charge in [-0.3, -0.25) is 4.98 Å². The Morgan fingerprint density at radius 2 is 2.10 bits per heavy atom. The molecule has 1 heterocycles. The molecule has 0 aliphatic heterocycles. The first-order valence-electron chi connectivity index (χ1n) is 6.39. The van der Waals surface area contributed by atoms with Crippen LogP contribution in [0.3, 0.4) is 0 Å². The van der Waals surface area contributed by atoms with Crippen molar-refractivity contribution < 1.29 is 4.39 Å². The van der Waals surface area contributed by atoms with Crippen molar-refractivity contribution in [3.8, 4) is 0 Å². The molecule has 20 heavy (non-hydrogen) atoms. The van der Waals surface area contributed by atoms with E-state index in [1.54, 1.807) is 18.3 Å². The monoisotopic (exact) mass is 312 g/mol. The van der Waals surface area contributed by atoms with Crippen molar-refractivity contribution in [1.29, 1.82) is 0 Å². The highest BCUT2D eigenvalue weighted by atomic mass is 35.5. The SMILES string of the molecule is CCNC(Cc1cccc(Cl)c1Cl)c1ccncc1F. The van der Waals surface area contributed by atoms with Gasteiger partial charge in [-0.1, -0.05) is 42.3 Å². The fraction of sp³-hybridized carbons (Fsp3) is 0.267. The van der Waals surface area contributed by atoms with Crippen LogP contribution in [0.2, 0.25) is 10.0 Å². The van der Waals surface area contributed by atoms with Gasteiger partial charge in [0.1, 0.15) is 5.82 Å². The number of nitrogens with zero attached hydrogens (tertiary/aromatic N) is 1. The Kier molecular flexibility index (Phi) is 5.35. The summed E-state index contributed by atoms with van der Waals surface area (Å²) in [7, 11) is 0. The van der Waals surface area contributed by atoms with E-state index in [2.05, 4.69) is 10.3 Å². The predicted octanol–water partition coefficient (Wildman–Crippen LogP) is 4.42. The number of rotatable bonds is 5. The summed E-state index contributed by atoms with van der Waals surface area (Å²) in [6.45, 7) is 2.70. The average molecular weight is 313 g/mol. The van der Waals surface area contributed by atoms with E-state index in [-0.39, 0.29) is 11.9 Å². The zero-order valence-corrected chi connectivity index (χ0v) is 12.5. The Hall–Kier alpha value is -1.16. The molecule has 0 saturated carbocycles. The number of pyridine rings is 1. The van der Waals surface area contributed by atoms with Crippen molar-refractivity contribution in [2.75, 3.05) is 6.54 Å². The van der Waals surface area contributed by atoms with Crippen molar-refractivity contribution in [1.82, 2.24) is 10.3 Å². The fourth-order valence-corrected chi connectivity index (χ4v) is 2.53. The highest BCUT2D eigenvalue weighted by Gasteiger charge is 2.17. The maximum absolute atomic E-state index is 13.9. The van der Waals surface area contributed by atoms with Gasteiger partial charge in [0.15, 0.2) is 0 Å². The predicted molar refractivity (Wildman–Crippen MR) is 80.8 cm³/mol. The van der Waals surface area contributed by atoms with Crippen LogP contribution in [0.1, 0.15) is 24.1 Å². The van der Waals surface area contributed by atoms with Gasteiger partial charge in [-0.2, -0.15) is 0 Å². The molecular weight excluding hydrogens is 298 g/mol. The van der Waals surface area contributed by atoms with E-state index < -0.39 is 0 Å². The third-order valence-corrected chi connectivity index (χ3v) is 3.94. The molecule has 0 saturated heterocycles. The second kappa shape index (κ2) is 7.02. The highest BCUT2D eigenvalue weighted by Crippen LogP contribution is 2.29. The van der Waals surface area contributed by atoms with Crippen molar-refractivity contribution in [2.45, 2.75) is 19.4 Å². The van der Waals surface area contributed by atoms with E-state index in [1.807, 2.05) is 19.1 Å². The molecule has 2 aromatic rings. The molecule has 5 heteroatoms. The summed E-state index contributed by atoms with van der Waals surface area (Å²) in [6, 6.07) is 7.00. The molecule has 2 nitrogen and oxygen atoms in total. The Bertz CT molecular complexity index is 590. The van der Waals surface area contributed by atoms with Crippen LogP contribution in [-0.2, 0) is 6.42 Å². The molecule has 0 amide bonds. The number of benzene rings is 1. The summed E-state index contributed by atoms with van der Waals surface area (Å²) in [4.78, 5) is 3.78. The highest BCUT2D eigenvalue weighted by molar-refractivity contribution is 6.42. The van der Waals surface area contributed by atoms with Crippen molar-refractivity contribution >= 4 is 23.2 Å². The summed E-state index contributed by atoms with van der Waals surface area (Å²) in [6.07, 6.45) is 3.37. The van der Waals surface area contributed by atoms with E-state index in [0.717, 1.165) is 12.1 Å². The number of halogens is 3. The van der Waals surface area contributed by atoms with Crippen LogP contribution < -0.4 is 5.32 Å². The molecule has 0 spiro atoms. The Labute approximate surface area is 127 Å². The lowest BCUT2D eigenvalue weighted by molar-refractivity contribution is 0.507. The number of hydrogen-bond acceptors (Lipinski definition) is 2. The lowest BCUT2D eigenvalue weighted by Crippen LogP contribution is -2.24. The molecule has 1 unspecified atom stereocenters. The summed E-state index contributed by atoms with van der Waals surface area (Å²) >= 11 is 12.2. The van der Waals surface area contributed by atoms with Crippen LogP contribution in [0.15, 0.2) is 36.7 Å². The summed E-state index contributed by atoms with van der Waals surface area (Å²) in [5, 5.41) is 4.29. The van der Waals surface area contributed by atoms with Gasteiger partial charge in [-0.05, 0) is 30.7 Å². The lowest BCUT2D eigenvalue weighted by Gasteiger charge is -2.19. The summed E-state index contributed by atoms with van der Waals surface area (Å²) < 4.78 is 13.9. The van der Waals surface area contributed by atoms with Gasteiger partial charge < -0.3 is 5.32 Å². The van der Waals surface area contributed by atoms with E-state index in [1.165, 1.54) is 6.20 Å². The zero-order chi connectivity index (χ0) is 14.5. The lowest BCUT2D eigenvalue weighted by atomic mass is 9.99. The quantitative estimate of drug-likeness (QED) is 0.884. The molecule has 0 fully saturated rings. The second-order valence-corrected chi connectivity index (χ2v) is 5.21. The minimum atomic E-state index is -0.323. The number of likely N-dealkylation sites (N-methyl/N-ethyl adjacent to an activating group) is 1. The minimum absolute atomic E-state index is 0.168. The van der Waals surface area contributed by atoms with Crippen molar-refractivity contribution in [3.05, 3.63) is 63.6 Å². The number of hydrogen-bond donors (Lipinski definition) is 1. The largest absolute Gasteiger partial charge is 0.310 e. The van der Waals surface area contributed by atoms with Gasteiger partial charge in [0.25, 0.3) is 0 Å². The third-order valence-electron chi connectivity index (χ3n) is 3.09. The molecule has 1 aromatic carbocycles. The van der Waals surface area contributed by atoms with Gasteiger partial charge in [0, 0.05) is 17.8 Å². The van der Waals surface area contributed by atoms with Gasteiger partial charge in [-0.25, -0.2) is 4.39 Å². The minimum Gasteiger partial charge on any atom is -0.310 e. The molecule has 1 N–H and O–H groups in total. The van der Waals surface area contributed by atoms with Crippen LogP contribution in [0.25, 0.3) is 0 Å². The molecule has 1 aromatic heterocycles. The Balaban J connectivity index is 2.31. The molecule has 2 rings (SSSR count). The van der Waals surface area contributed by atoms with Crippen molar-refractivity contribution in [2.24, 2.45) is 0 Å². The molecule has 0 bridgehead atoms. The third kappa shape index (κ3) is 3.48. The zero-order valence-electron chi connectivity index (χ0n) is 11.0. The number of aromatic nitrogens is 1. The molecule has 0 aliphatic carbocycles. The van der Waals surface area contributed by atoms with Gasteiger partial charge >= 0.3 is 0 Å². The maximum Gasteiger partial charge on any atom is 0.146 e. The summed E-state index contributed by atoms with van der Waals surface area (Å²) in [5.74, 6) is -0.323. The molecular formula is C15H15Cl2FN2. The van der Waals surface area contributed by atoms with Gasteiger partial charge in [-0.15, -0.1) is 0 Å². The normalized spacial score (nSPS) is 12.4. The molecule has 0 radical (unpaired) electrons. The van der Waals surface area contributed by atoms with Crippen LogP contribution >= 0.6 is 23.2 Å². The summed E-state index contributed by atoms with van der Waals surface area (Å²) in [5.41, 5.74) is 1.47. The Morgan fingerprint density at radius 1 is 1.30 bits per heavy atom. The molecule has 0 aliphatic rings. The first-order chi connectivity index (χ1) is 9.63. The van der Waals surface area contributed by atoms with Crippen LogP contribution in [0, 0.1) is 5.82 Å². The average Bonchev–Trinajstić information content (AvgIpc) is 2.44. The first-order valence-corrected chi connectivity index (χ1v) is 7.14. The smallest absolute Gasteiger partial charge is 0.146 e. The fourth-order valence-electron chi connectivity index (χ4n) is 2.13. The molecule has 1 atom stereocenters. The van der Waals surface area contributed by atoms with E-state index in [4.69, 9.17) is 23.2 Å². The second-order valence-electron chi connectivity index (χ2n) is 4.42. The standard InChI is InChI=1S/C15H15Cl2FN2/c1-2-20-14(11-6-7-19-9-13(11)18)8-10-4-3-5-12(16)15(10)17/h3-7,9,14,20H,2,8H2,1H3. The van der Waals surface area contributed by atoms with Gasteiger partial charge in [0.2, 0.25) is 0 Å². The van der Waals surface area contributed by atoms with Crippen molar-refractivity contribution in [3.63, 3.8) is 0 Å². The Morgan fingerprint density at radius 3 is 2.80 bits per heavy atom. The van der Waals surface area contributed by atoms with E-state index in [9.17, 15) is 4.39 Å².